The van der Waals surface area contributed by atoms with Gasteiger partial charge in [-0.1, -0.05) is 0 Å². The van der Waals surface area contributed by atoms with Gasteiger partial charge in [-0.2, -0.15) is 4.98 Å². The number of piperidine rings is 1. The molecular formula is C24H29N7O4S. The number of methoxy groups -OCH3 is 1. The highest BCUT2D eigenvalue weighted by molar-refractivity contribution is 8.00. The third-order valence-electron chi connectivity index (χ3n) is 6.54. The zero-order valence-electron chi connectivity index (χ0n) is 20.0. The highest BCUT2D eigenvalue weighted by Gasteiger charge is 2.27. The average Bonchev–Trinajstić information content (AvgIpc) is 2.89. The number of fused-ring (bicyclic) bond motifs is 2. The van der Waals surface area contributed by atoms with E-state index in [1.165, 1.54) is 18.0 Å². The molecule has 0 spiro atoms. The summed E-state index contributed by atoms with van der Waals surface area (Å²) >= 11 is 1.49. The van der Waals surface area contributed by atoms with Gasteiger partial charge in [0.15, 0.2) is 5.65 Å². The quantitative estimate of drug-likeness (QED) is 0.397. The van der Waals surface area contributed by atoms with Crippen LogP contribution in [0.3, 0.4) is 0 Å². The van der Waals surface area contributed by atoms with Gasteiger partial charge >= 0.3 is 0 Å². The Kier molecular flexibility index (Phi) is 7.46. The summed E-state index contributed by atoms with van der Waals surface area (Å²) in [5.41, 5.74) is 1.78. The number of carbonyl (C=O) groups excluding carboxylic acids is 1. The molecule has 5 heterocycles. The first-order chi connectivity index (χ1) is 17.5. The lowest BCUT2D eigenvalue weighted by Gasteiger charge is -2.36. The molecule has 1 unspecified atom stereocenters. The summed E-state index contributed by atoms with van der Waals surface area (Å²) in [5.74, 6) is 1.48. The summed E-state index contributed by atoms with van der Waals surface area (Å²) in [7, 11) is 1.54. The molecular weight excluding hydrogens is 482 g/mol. The summed E-state index contributed by atoms with van der Waals surface area (Å²) < 4.78 is 6.84. The lowest BCUT2D eigenvalue weighted by molar-refractivity contribution is -0.113. The number of carbonyl (C=O) groups is 1. The van der Waals surface area contributed by atoms with Gasteiger partial charge in [-0.3, -0.25) is 14.2 Å². The minimum atomic E-state index is -0.392. The van der Waals surface area contributed by atoms with E-state index >= 15 is 0 Å². The van der Waals surface area contributed by atoms with Crippen molar-refractivity contribution < 1.29 is 14.6 Å². The average molecular weight is 512 g/mol. The van der Waals surface area contributed by atoms with Crippen molar-refractivity contribution in [2.75, 3.05) is 44.4 Å². The van der Waals surface area contributed by atoms with Gasteiger partial charge in [0.2, 0.25) is 11.8 Å². The van der Waals surface area contributed by atoms with Crippen LogP contribution >= 0.6 is 11.8 Å². The smallest absolute Gasteiger partial charge is 0.270 e. The predicted molar refractivity (Wildman–Crippen MR) is 136 cm³/mol. The van der Waals surface area contributed by atoms with Crippen LogP contribution in [0.25, 0.3) is 11.2 Å². The molecule has 1 fully saturated rings. The fourth-order valence-electron chi connectivity index (χ4n) is 4.58. The molecule has 3 N–H and O–H groups in total. The van der Waals surface area contributed by atoms with Crippen molar-refractivity contribution in [3.8, 4) is 5.88 Å². The number of ether oxygens (including phenoxy) is 1. The van der Waals surface area contributed by atoms with Crippen molar-refractivity contribution in [1.29, 1.82) is 0 Å². The second-order valence-corrected chi connectivity index (χ2v) is 10.00. The van der Waals surface area contributed by atoms with E-state index < -0.39 is 6.10 Å². The Bertz CT molecular complexity index is 1320. The molecule has 36 heavy (non-hydrogen) atoms. The van der Waals surface area contributed by atoms with Gasteiger partial charge in [-0.05, 0) is 24.6 Å². The Balaban J connectivity index is 1.18. The van der Waals surface area contributed by atoms with Crippen LogP contribution in [0.2, 0.25) is 0 Å². The van der Waals surface area contributed by atoms with Gasteiger partial charge in [0, 0.05) is 51.3 Å². The maximum Gasteiger partial charge on any atom is 0.270 e. The van der Waals surface area contributed by atoms with Crippen molar-refractivity contribution in [3.63, 3.8) is 0 Å². The van der Waals surface area contributed by atoms with Gasteiger partial charge in [0.1, 0.15) is 11.3 Å². The van der Waals surface area contributed by atoms with E-state index in [4.69, 9.17) is 4.74 Å². The number of nitrogens with zero attached hydrogens (tertiary/aromatic N) is 5. The Hall–Kier alpha value is -3.06. The highest BCUT2D eigenvalue weighted by Crippen LogP contribution is 2.29. The second kappa shape index (κ2) is 10.9. The van der Waals surface area contributed by atoms with Crippen molar-refractivity contribution >= 4 is 34.7 Å². The van der Waals surface area contributed by atoms with Crippen LogP contribution in [0.1, 0.15) is 12.1 Å². The molecule has 0 radical (unpaired) electrons. The fourth-order valence-corrected chi connectivity index (χ4v) is 5.34. The van der Waals surface area contributed by atoms with E-state index in [2.05, 4.69) is 30.5 Å². The molecule has 2 aliphatic heterocycles. The van der Waals surface area contributed by atoms with E-state index in [-0.39, 0.29) is 17.4 Å². The maximum absolute atomic E-state index is 12.5. The largest absolute Gasteiger partial charge is 0.481 e. The van der Waals surface area contributed by atoms with Crippen LogP contribution in [-0.4, -0.2) is 80.6 Å². The summed E-state index contributed by atoms with van der Waals surface area (Å²) in [5, 5.41) is 16.8. The number of thioether (sulfide) groups is 1. The number of hydrogen-bond acceptors (Lipinski definition) is 10. The maximum atomic E-state index is 12.5. The van der Waals surface area contributed by atoms with Crippen LogP contribution in [0.5, 0.6) is 5.88 Å². The molecule has 1 amide bonds. The van der Waals surface area contributed by atoms with E-state index in [0.29, 0.717) is 67.8 Å². The number of rotatable bonds is 8. The Morgan fingerprint density at radius 2 is 2.11 bits per heavy atom. The molecule has 0 aromatic carbocycles. The van der Waals surface area contributed by atoms with Gasteiger partial charge in [0.25, 0.3) is 5.56 Å². The number of nitrogens with one attached hydrogen (secondary N) is 2. The van der Waals surface area contributed by atoms with Crippen LogP contribution in [0.4, 0.5) is 5.82 Å². The lowest BCUT2D eigenvalue weighted by Crippen LogP contribution is -2.48. The molecule has 1 saturated heterocycles. The molecule has 0 aliphatic carbocycles. The molecule has 11 nitrogen and oxygen atoms in total. The lowest BCUT2D eigenvalue weighted by atomic mass is 9.94. The van der Waals surface area contributed by atoms with Crippen molar-refractivity contribution in [2.24, 2.45) is 5.92 Å². The number of hydrogen-bond donors (Lipinski definition) is 3. The molecule has 12 heteroatoms. The molecule has 2 aliphatic rings. The second-order valence-electron chi connectivity index (χ2n) is 8.98. The number of anilines is 1. The predicted octanol–water partition coefficient (Wildman–Crippen LogP) is 0.712. The minimum Gasteiger partial charge on any atom is -0.481 e. The first kappa shape index (κ1) is 24.6. The molecule has 2 atom stereocenters. The molecule has 190 valence electrons. The summed E-state index contributed by atoms with van der Waals surface area (Å²) in [6.45, 7) is 3.78. The molecule has 3 aromatic rings. The van der Waals surface area contributed by atoms with Gasteiger partial charge in [-0.25, -0.2) is 9.97 Å². The SMILES string of the molecule is COc1ccc2ncc(=O)n(CCN3CC[C@@H](O)C(CNCc4ccc5c(n4)NC(=O)CS5)C3)c2n1. The highest BCUT2D eigenvalue weighted by atomic mass is 32.2. The van der Waals surface area contributed by atoms with Gasteiger partial charge in [-0.15, -0.1) is 11.8 Å². The minimum absolute atomic E-state index is 0.0347. The zero-order valence-corrected chi connectivity index (χ0v) is 20.8. The van der Waals surface area contributed by atoms with E-state index in [1.807, 2.05) is 12.1 Å². The van der Waals surface area contributed by atoms with Crippen LogP contribution in [-0.2, 0) is 17.9 Å². The Morgan fingerprint density at radius 1 is 1.22 bits per heavy atom. The Labute approximate surface area is 212 Å². The number of aromatic nitrogens is 4. The standard InChI is InChI=1S/C24H29N7O4S/c1-35-21-5-3-17-24(29-21)31(22(34)12-26-17)9-8-30-7-6-18(32)15(13-30)10-25-11-16-2-4-19-23(27-16)28-20(33)14-36-19/h2-5,12,15,18,25,32H,6-11,13-14H2,1H3,(H,27,28,33)/t15?,18-/m1/s1. The summed E-state index contributed by atoms with van der Waals surface area (Å²) in [6.07, 6.45) is 1.60. The van der Waals surface area contributed by atoms with Gasteiger partial charge in [0.05, 0.1) is 35.8 Å². The number of aliphatic hydroxyl groups excluding tert-OH is 1. The Morgan fingerprint density at radius 3 is 2.97 bits per heavy atom. The van der Waals surface area contributed by atoms with Crippen LogP contribution in [0.15, 0.2) is 40.2 Å². The van der Waals surface area contributed by atoms with Crippen molar-refractivity contribution in [1.82, 2.24) is 29.7 Å². The van der Waals surface area contributed by atoms with E-state index in [9.17, 15) is 14.7 Å². The third-order valence-corrected chi connectivity index (χ3v) is 7.58. The van der Waals surface area contributed by atoms with E-state index in [0.717, 1.165) is 17.1 Å². The number of pyridine rings is 2. The van der Waals surface area contributed by atoms with Crippen LogP contribution in [0, 0.1) is 5.92 Å². The van der Waals surface area contributed by atoms with E-state index in [1.54, 1.807) is 23.8 Å². The fraction of sp³-hybridized carbons (Fsp3) is 0.458. The number of aliphatic hydroxyl groups is 1. The zero-order chi connectivity index (χ0) is 25.1. The summed E-state index contributed by atoms with van der Waals surface area (Å²) in [4.78, 5) is 40.6. The monoisotopic (exact) mass is 511 g/mol. The van der Waals surface area contributed by atoms with Gasteiger partial charge < -0.3 is 25.4 Å². The third kappa shape index (κ3) is 5.51. The summed E-state index contributed by atoms with van der Waals surface area (Å²) in [6, 6.07) is 7.46. The normalized spacial score (nSPS) is 20.2. The first-order valence-electron chi connectivity index (χ1n) is 11.9. The van der Waals surface area contributed by atoms with Crippen molar-refractivity contribution in [2.45, 2.75) is 30.5 Å². The number of amides is 1. The first-order valence-corrected chi connectivity index (χ1v) is 12.9. The molecule has 0 saturated carbocycles. The molecule has 5 rings (SSSR count). The topological polar surface area (TPSA) is 134 Å². The molecule has 3 aromatic heterocycles. The van der Waals surface area contributed by atoms with Crippen molar-refractivity contribution in [3.05, 3.63) is 46.5 Å². The number of likely N-dealkylation sites (tertiary alicyclic amines) is 1. The van der Waals surface area contributed by atoms with Crippen LogP contribution < -0.4 is 20.9 Å². The molecule has 0 bridgehead atoms.